The molecule has 2 heterocycles. The lowest BCUT2D eigenvalue weighted by atomic mass is 9.33. The largest absolute Gasteiger partial charge is 0.311 e. The maximum atomic E-state index is 2.68. The molecule has 0 atom stereocenters. The normalized spacial score (nSPS) is 15.6. The van der Waals surface area contributed by atoms with Crippen LogP contribution in [0.1, 0.15) is 129 Å². The molecule has 0 amide bonds. The number of benzene rings is 6. The molecule has 2 nitrogen and oxygen atoms in total. The lowest BCUT2D eigenvalue weighted by Gasteiger charge is -2.45. The Kier molecular flexibility index (Phi) is 9.03. The summed E-state index contributed by atoms with van der Waals surface area (Å²) in [4.78, 5) is 5.30. The fourth-order valence-corrected chi connectivity index (χ4v) is 10.1. The van der Waals surface area contributed by atoms with E-state index in [2.05, 4.69) is 215 Å². The van der Waals surface area contributed by atoms with Crippen molar-refractivity contribution < 1.29 is 0 Å². The predicted octanol–water partition coefficient (Wildman–Crippen LogP) is 13.6. The molecule has 1 aliphatic carbocycles. The van der Waals surface area contributed by atoms with E-state index < -0.39 is 0 Å². The molecule has 3 heteroatoms. The van der Waals surface area contributed by atoms with Gasteiger partial charge in [0.25, 0.3) is 6.71 Å². The van der Waals surface area contributed by atoms with E-state index in [9.17, 15) is 0 Å². The van der Waals surface area contributed by atoms with Crippen molar-refractivity contribution in [2.75, 3.05) is 9.80 Å². The lowest BCUT2D eigenvalue weighted by Crippen LogP contribution is -2.61. The molecule has 2 aliphatic heterocycles. The second-order valence-corrected chi connectivity index (χ2v) is 22.1. The molecule has 0 N–H and O–H groups in total. The average molecular weight is 775 g/mol. The molecule has 0 spiro atoms. The molecule has 59 heavy (non-hydrogen) atoms. The SMILES string of the molecule is CC(C)c1cc2c3c(c1)N(c1ccc(C(C)(C)C)cc1-c1ccccc1)c1cc4c(cc1B3c1ccc(C(C)(C)C)cc1N2c1cccc(C(C)(C)C)c1)CC(C)(C)C4. The van der Waals surface area contributed by atoms with Crippen LogP contribution in [0.5, 0.6) is 0 Å². The lowest BCUT2D eigenvalue weighted by molar-refractivity contribution is 0.392. The van der Waals surface area contributed by atoms with E-state index in [-0.39, 0.29) is 28.4 Å². The molecule has 3 aliphatic rings. The third kappa shape index (κ3) is 6.74. The minimum atomic E-state index is -0.0000896. The minimum Gasteiger partial charge on any atom is -0.311 e. The Hall–Kier alpha value is -5.02. The van der Waals surface area contributed by atoms with Gasteiger partial charge in [-0.15, -0.1) is 0 Å². The molecule has 9 rings (SSSR count). The highest BCUT2D eigenvalue weighted by molar-refractivity contribution is 7.00. The molecular formula is C56H63BN2. The Morgan fingerprint density at radius 2 is 1.08 bits per heavy atom. The van der Waals surface area contributed by atoms with Crippen LogP contribution in [0.2, 0.25) is 0 Å². The van der Waals surface area contributed by atoms with E-state index in [1.165, 1.54) is 95.0 Å². The second kappa shape index (κ2) is 13.5. The molecular weight excluding hydrogens is 711 g/mol. The van der Waals surface area contributed by atoms with Crippen molar-refractivity contribution in [3.8, 4) is 11.1 Å². The summed E-state index contributed by atoms with van der Waals surface area (Å²) in [6.07, 6.45) is 2.20. The first-order valence-electron chi connectivity index (χ1n) is 22.1. The van der Waals surface area contributed by atoms with Crippen molar-refractivity contribution in [3.63, 3.8) is 0 Å². The van der Waals surface area contributed by atoms with Gasteiger partial charge in [0.05, 0.1) is 5.69 Å². The summed E-state index contributed by atoms with van der Waals surface area (Å²) in [6.45, 7) is 30.7. The Labute approximate surface area is 355 Å². The molecule has 6 aromatic carbocycles. The van der Waals surface area contributed by atoms with E-state index in [0.717, 1.165) is 12.8 Å². The number of nitrogens with zero attached hydrogens (tertiary/aromatic N) is 2. The van der Waals surface area contributed by atoms with Crippen LogP contribution < -0.4 is 26.2 Å². The van der Waals surface area contributed by atoms with Crippen LogP contribution in [0.15, 0.2) is 115 Å². The maximum Gasteiger partial charge on any atom is 0.252 e. The van der Waals surface area contributed by atoms with Crippen LogP contribution in [-0.4, -0.2) is 6.71 Å². The van der Waals surface area contributed by atoms with Gasteiger partial charge in [0.2, 0.25) is 0 Å². The van der Waals surface area contributed by atoms with Crippen molar-refractivity contribution in [1.82, 2.24) is 0 Å². The predicted molar refractivity (Wildman–Crippen MR) is 257 cm³/mol. The second-order valence-electron chi connectivity index (χ2n) is 22.1. The first-order chi connectivity index (χ1) is 27.7. The fraction of sp³-hybridized carbons (Fsp3) is 0.357. The summed E-state index contributed by atoms with van der Waals surface area (Å²) in [7, 11) is 0. The van der Waals surface area contributed by atoms with Gasteiger partial charge in [-0.05, 0) is 144 Å². The average Bonchev–Trinajstić information content (AvgIpc) is 3.48. The van der Waals surface area contributed by atoms with Crippen molar-refractivity contribution in [1.29, 1.82) is 0 Å². The van der Waals surface area contributed by atoms with Crippen LogP contribution >= 0.6 is 0 Å². The third-order valence-electron chi connectivity index (χ3n) is 13.4. The highest BCUT2D eigenvalue weighted by atomic mass is 15.2. The van der Waals surface area contributed by atoms with Gasteiger partial charge in [-0.3, -0.25) is 0 Å². The van der Waals surface area contributed by atoms with Gasteiger partial charge in [0.15, 0.2) is 0 Å². The van der Waals surface area contributed by atoms with Gasteiger partial charge in [0.1, 0.15) is 0 Å². The van der Waals surface area contributed by atoms with Gasteiger partial charge in [-0.1, -0.05) is 157 Å². The fourth-order valence-electron chi connectivity index (χ4n) is 10.1. The van der Waals surface area contributed by atoms with Gasteiger partial charge in [-0.2, -0.15) is 0 Å². The zero-order valence-electron chi connectivity index (χ0n) is 37.9. The van der Waals surface area contributed by atoms with Gasteiger partial charge in [0, 0.05) is 34.0 Å². The summed E-state index contributed by atoms with van der Waals surface area (Å²) in [5, 5.41) is 0. The van der Waals surface area contributed by atoms with Crippen LogP contribution in [0.25, 0.3) is 11.1 Å². The van der Waals surface area contributed by atoms with E-state index in [0.29, 0.717) is 5.92 Å². The standard InChI is InChI=1S/C56H63BN2/c1-35(2)37-27-50-52-51(28-37)59(47-25-23-41(54(6,7)8)31-44(47)36-18-15-14-16-19-36)48-29-39-34-56(12,13)33-38(39)26-46(48)57(52)45-24-22-42(55(9,10)11)32-49(45)58(50)43-21-17-20-40(30-43)53(3,4)5/h14-32,35H,33-34H2,1-13H3. The summed E-state index contributed by atoms with van der Waals surface area (Å²) >= 11 is 0. The zero-order chi connectivity index (χ0) is 42.0. The van der Waals surface area contributed by atoms with Crippen LogP contribution in [-0.2, 0) is 29.1 Å². The molecule has 300 valence electrons. The molecule has 0 fully saturated rings. The van der Waals surface area contributed by atoms with E-state index in [1.807, 2.05) is 0 Å². The van der Waals surface area contributed by atoms with Gasteiger partial charge < -0.3 is 9.80 Å². The zero-order valence-corrected chi connectivity index (χ0v) is 37.9. The van der Waals surface area contributed by atoms with Crippen molar-refractivity contribution >= 4 is 57.2 Å². The Bertz CT molecular complexity index is 2630. The highest BCUT2D eigenvalue weighted by Crippen LogP contribution is 2.50. The first kappa shape index (κ1) is 39.4. The summed E-state index contributed by atoms with van der Waals surface area (Å²) in [5.41, 5.74) is 23.0. The number of anilines is 6. The number of hydrogen-bond acceptors (Lipinski definition) is 2. The molecule has 6 aromatic rings. The van der Waals surface area contributed by atoms with Crippen molar-refractivity contribution in [3.05, 3.63) is 149 Å². The summed E-state index contributed by atoms with van der Waals surface area (Å²) in [6, 6.07) is 45.4. The Morgan fingerprint density at radius 3 is 1.73 bits per heavy atom. The van der Waals surface area contributed by atoms with Crippen LogP contribution in [0, 0.1) is 5.41 Å². The maximum absolute atomic E-state index is 2.68. The Balaban J connectivity index is 1.42. The molecule has 0 radical (unpaired) electrons. The molecule has 0 unspecified atom stereocenters. The summed E-state index contributed by atoms with van der Waals surface area (Å²) in [5.74, 6) is 0.334. The molecule has 0 saturated heterocycles. The highest BCUT2D eigenvalue weighted by Gasteiger charge is 2.46. The quantitative estimate of drug-likeness (QED) is 0.164. The molecule has 0 aromatic heterocycles. The van der Waals surface area contributed by atoms with Crippen molar-refractivity contribution in [2.24, 2.45) is 5.41 Å². The monoisotopic (exact) mass is 775 g/mol. The van der Waals surface area contributed by atoms with E-state index in [4.69, 9.17) is 0 Å². The smallest absolute Gasteiger partial charge is 0.252 e. The van der Waals surface area contributed by atoms with Gasteiger partial charge in [-0.25, -0.2) is 0 Å². The molecule has 0 bridgehead atoms. The number of rotatable bonds is 4. The van der Waals surface area contributed by atoms with Gasteiger partial charge >= 0.3 is 0 Å². The summed E-state index contributed by atoms with van der Waals surface area (Å²) < 4.78 is 0. The number of hydrogen-bond donors (Lipinski definition) is 0. The number of fused-ring (bicyclic) bond motifs is 5. The van der Waals surface area contributed by atoms with Crippen LogP contribution in [0.4, 0.5) is 34.1 Å². The first-order valence-corrected chi connectivity index (χ1v) is 22.1. The van der Waals surface area contributed by atoms with Crippen molar-refractivity contribution in [2.45, 2.75) is 125 Å². The molecule has 0 saturated carbocycles. The van der Waals surface area contributed by atoms with Crippen LogP contribution in [0.3, 0.4) is 0 Å². The van der Waals surface area contributed by atoms with E-state index in [1.54, 1.807) is 0 Å². The Morgan fingerprint density at radius 1 is 0.508 bits per heavy atom. The third-order valence-corrected chi connectivity index (χ3v) is 13.4. The topological polar surface area (TPSA) is 6.48 Å². The minimum absolute atomic E-state index is 0.0000896. The van der Waals surface area contributed by atoms with E-state index >= 15 is 0 Å².